The van der Waals surface area contributed by atoms with Crippen LogP contribution >= 0.6 is 0 Å². The number of anilines is 2. The van der Waals surface area contributed by atoms with Crippen LogP contribution in [0.2, 0.25) is 0 Å². The van der Waals surface area contributed by atoms with Crippen LogP contribution in [0, 0.1) is 10.1 Å². The number of methoxy groups -OCH3 is 2. The summed E-state index contributed by atoms with van der Waals surface area (Å²) in [4.78, 5) is 26.8. The third-order valence-electron chi connectivity index (χ3n) is 4.65. The highest BCUT2D eigenvalue weighted by atomic mass is 16.6. The first-order valence-electron chi connectivity index (χ1n) is 8.54. The first-order chi connectivity index (χ1) is 13.0. The van der Waals surface area contributed by atoms with Crippen molar-refractivity contribution in [1.29, 1.82) is 0 Å². The number of carbonyl (C=O) groups excluding carboxylic acids is 1. The number of hydrogen-bond donors (Lipinski definition) is 0. The molecule has 1 aliphatic rings. The Labute approximate surface area is 157 Å². The number of piperazine rings is 1. The molecule has 27 heavy (non-hydrogen) atoms. The van der Waals surface area contributed by atoms with Crippen molar-refractivity contribution in [3.8, 4) is 5.75 Å². The van der Waals surface area contributed by atoms with Crippen molar-refractivity contribution >= 4 is 23.0 Å². The van der Waals surface area contributed by atoms with Gasteiger partial charge >= 0.3 is 5.97 Å². The number of nitro groups is 1. The number of carbonyl (C=O) groups is 1. The summed E-state index contributed by atoms with van der Waals surface area (Å²) in [7, 11) is 2.86. The molecular weight excluding hydrogens is 350 g/mol. The van der Waals surface area contributed by atoms with E-state index in [1.54, 1.807) is 13.2 Å². The van der Waals surface area contributed by atoms with Gasteiger partial charge in [0.15, 0.2) is 0 Å². The van der Waals surface area contributed by atoms with E-state index in [4.69, 9.17) is 4.74 Å². The largest absolute Gasteiger partial charge is 0.497 e. The summed E-state index contributed by atoms with van der Waals surface area (Å²) in [5.74, 6) is 0.103. The Hall–Kier alpha value is -3.29. The molecule has 8 heteroatoms. The quantitative estimate of drug-likeness (QED) is 0.454. The van der Waals surface area contributed by atoms with Gasteiger partial charge in [0, 0.05) is 49.7 Å². The summed E-state index contributed by atoms with van der Waals surface area (Å²) < 4.78 is 9.96. The van der Waals surface area contributed by atoms with Crippen LogP contribution in [0.4, 0.5) is 17.1 Å². The molecule has 1 aliphatic heterocycles. The Bertz CT molecular complexity index is 847. The predicted octanol–water partition coefficient (Wildman–Crippen LogP) is 2.72. The maximum absolute atomic E-state index is 11.9. The standard InChI is InChI=1S/C19H21N3O5/c1-26-16-5-3-4-14(12-16)20-8-10-21(11-9-20)15-6-7-18(22(24)25)17(13-15)19(23)27-2/h3-7,12-13H,8-11H2,1-2H3. The number of nitrogens with zero attached hydrogens (tertiary/aromatic N) is 3. The van der Waals surface area contributed by atoms with Crippen LogP contribution < -0.4 is 14.5 Å². The van der Waals surface area contributed by atoms with Crippen molar-refractivity contribution < 1.29 is 19.2 Å². The monoisotopic (exact) mass is 371 g/mol. The SMILES string of the molecule is COC(=O)c1cc(N2CCN(c3cccc(OC)c3)CC2)ccc1[N+](=O)[O-]. The van der Waals surface area contributed by atoms with E-state index in [0.29, 0.717) is 0 Å². The maximum Gasteiger partial charge on any atom is 0.344 e. The molecule has 1 heterocycles. The number of rotatable bonds is 5. The molecule has 0 aromatic heterocycles. The van der Waals surface area contributed by atoms with Crippen LogP contribution in [0.3, 0.4) is 0 Å². The third kappa shape index (κ3) is 3.94. The molecule has 0 saturated carbocycles. The van der Waals surface area contributed by atoms with Gasteiger partial charge in [-0.3, -0.25) is 10.1 Å². The van der Waals surface area contributed by atoms with Crippen LogP contribution in [-0.2, 0) is 4.74 Å². The summed E-state index contributed by atoms with van der Waals surface area (Å²) in [5, 5.41) is 11.1. The number of nitro benzene ring substituents is 1. The highest BCUT2D eigenvalue weighted by molar-refractivity contribution is 5.95. The molecule has 1 saturated heterocycles. The fraction of sp³-hybridized carbons (Fsp3) is 0.316. The second-order valence-electron chi connectivity index (χ2n) is 6.13. The summed E-state index contributed by atoms with van der Waals surface area (Å²) in [6.07, 6.45) is 0. The predicted molar refractivity (Wildman–Crippen MR) is 102 cm³/mol. The third-order valence-corrected chi connectivity index (χ3v) is 4.65. The van der Waals surface area contributed by atoms with Gasteiger partial charge in [-0.05, 0) is 24.3 Å². The highest BCUT2D eigenvalue weighted by Crippen LogP contribution is 2.28. The smallest absolute Gasteiger partial charge is 0.344 e. The molecule has 0 spiro atoms. The first-order valence-corrected chi connectivity index (χ1v) is 8.54. The second-order valence-corrected chi connectivity index (χ2v) is 6.13. The zero-order valence-electron chi connectivity index (χ0n) is 15.3. The molecule has 0 radical (unpaired) electrons. The summed E-state index contributed by atoms with van der Waals surface area (Å²) in [6.45, 7) is 3.04. The fourth-order valence-electron chi connectivity index (χ4n) is 3.18. The lowest BCUT2D eigenvalue weighted by Gasteiger charge is -2.37. The molecule has 0 bridgehead atoms. The van der Waals surface area contributed by atoms with Gasteiger partial charge in [0.25, 0.3) is 5.69 Å². The van der Waals surface area contributed by atoms with E-state index in [-0.39, 0.29) is 11.3 Å². The van der Waals surface area contributed by atoms with Crippen molar-refractivity contribution in [3.63, 3.8) is 0 Å². The Balaban J connectivity index is 1.75. The van der Waals surface area contributed by atoms with Crippen LogP contribution in [0.15, 0.2) is 42.5 Å². The molecule has 0 N–H and O–H groups in total. The molecule has 0 atom stereocenters. The average molecular weight is 371 g/mol. The zero-order valence-corrected chi connectivity index (χ0v) is 15.3. The van der Waals surface area contributed by atoms with Gasteiger partial charge in [-0.2, -0.15) is 0 Å². The molecule has 2 aromatic rings. The van der Waals surface area contributed by atoms with E-state index in [0.717, 1.165) is 43.3 Å². The van der Waals surface area contributed by atoms with Crippen LogP contribution in [0.1, 0.15) is 10.4 Å². The Morgan fingerprint density at radius 1 is 1.00 bits per heavy atom. The van der Waals surface area contributed by atoms with Gasteiger partial charge in [-0.15, -0.1) is 0 Å². The molecule has 0 aliphatic carbocycles. The Morgan fingerprint density at radius 2 is 1.63 bits per heavy atom. The number of ether oxygens (including phenoxy) is 2. The van der Waals surface area contributed by atoms with Crippen molar-refractivity contribution in [2.45, 2.75) is 0 Å². The average Bonchev–Trinajstić information content (AvgIpc) is 2.72. The van der Waals surface area contributed by atoms with Gasteiger partial charge in [-0.25, -0.2) is 4.79 Å². The minimum atomic E-state index is -0.710. The van der Waals surface area contributed by atoms with E-state index in [2.05, 4.69) is 14.5 Å². The summed E-state index contributed by atoms with van der Waals surface area (Å²) >= 11 is 0. The lowest BCUT2D eigenvalue weighted by atomic mass is 10.1. The topological polar surface area (TPSA) is 85.2 Å². The molecule has 1 fully saturated rings. The van der Waals surface area contributed by atoms with Crippen molar-refractivity contribution in [1.82, 2.24) is 0 Å². The van der Waals surface area contributed by atoms with E-state index in [1.807, 2.05) is 24.3 Å². The van der Waals surface area contributed by atoms with Crippen molar-refractivity contribution in [2.24, 2.45) is 0 Å². The van der Waals surface area contributed by atoms with Crippen molar-refractivity contribution in [2.75, 3.05) is 50.2 Å². The first kappa shape index (κ1) is 18.5. The normalized spacial score (nSPS) is 14.0. The van der Waals surface area contributed by atoms with Crippen LogP contribution in [-0.4, -0.2) is 51.3 Å². The molecule has 142 valence electrons. The van der Waals surface area contributed by atoms with Crippen molar-refractivity contribution in [3.05, 3.63) is 58.1 Å². The lowest BCUT2D eigenvalue weighted by Crippen LogP contribution is -2.46. The van der Waals surface area contributed by atoms with Gasteiger partial charge in [0.2, 0.25) is 0 Å². The summed E-state index contributed by atoms with van der Waals surface area (Å²) in [6, 6.07) is 12.5. The molecular formula is C19H21N3O5. The minimum Gasteiger partial charge on any atom is -0.497 e. The maximum atomic E-state index is 11.9. The molecule has 0 unspecified atom stereocenters. The Kier molecular flexibility index (Phi) is 5.44. The van der Waals surface area contributed by atoms with E-state index in [9.17, 15) is 14.9 Å². The molecule has 8 nitrogen and oxygen atoms in total. The van der Waals surface area contributed by atoms with E-state index >= 15 is 0 Å². The van der Waals surface area contributed by atoms with E-state index < -0.39 is 10.9 Å². The van der Waals surface area contributed by atoms with Gasteiger partial charge in [-0.1, -0.05) is 6.07 Å². The van der Waals surface area contributed by atoms with E-state index in [1.165, 1.54) is 19.2 Å². The molecule has 3 rings (SSSR count). The Morgan fingerprint density at radius 3 is 2.19 bits per heavy atom. The lowest BCUT2D eigenvalue weighted by molar-refractivity contribution is -0.385. The number of hydrogen-bond acceptors (Lipinski definition) is 7. The van der Waals surface area contributed by atoms with Gasteiger partial charge < -0.3 is 19.3 Å². The number of esters is 1. The zero-order chi connectivity index (χ0) is 19.4. The molecule has 2 aromatic carbocycles. The van der Waals surface area contributed by atoms with Gasteiger partial charge in [0.05, 0.1) is 19.1 Å². The minimum absolute atomic E-state index is 0.0322. The summed E-state index contributed by atoms with van der Waals surface area (Å²) in [5.41, 5.74) is 1.58. The number of benzene rings is 2. The highest BCUT2D eigenvalue weighted by Gasteiger charge is 2.24. The van der Waals surface area contributed by atoms with Crippen LogP contribution in [0.5, 0.6) is 5.75 Å². The fourth-order valence-corrected chi connectivity index (χ4v) is 3.18. The van der Waals surface area contributed by atoms with Gasteiger partial charge in [0.1, 0.15) is 11.3 Å². The molecule has 0 amide bonds. The van der Waals surface area contributed by atoms with Crippen LogP contribution in [0.25, 0.3) is 0 Å². The second kappa shape index (κ2) is 7.94.